The molecule has 1 fully saturated rings. The lowest BCUT2D eigenvalue weighted by atomic mass is 9.84. The van der Waals surface area contributed by atoms with E-state index in [9.17, 15) is 9.90 Å². The highest BCUT2D eigenvalue weighted by Crippen LogP contribution is 2.40. The lowest BCUT2D eigenvalue weighted by Gasteiger charge is -2.38. The predicted octanol–water partition coefficient (Wildman–Crippen LogP) is 3.74. The molecule has 0 atom stereocenters. The summed E-state index contributed by atoms with van der Waals surface area (Å²) in [7, 11) is 0. The molecule has 27 heavy (non-hydrogen) atoms. The van der Waals surface area contributed by atoms with Crippen molar-refractivity contribution in [1.82, 2.24) is 4.90 Å². The van der Waals surface area contributed by atoms with Gasteiger partial charge < -0.3 is 20.5 Å². The molecule has 1 amide bonds. The van der Waals surface area contributed by atoms with Crippen LogP contribution in [-0.4, -0.2) is 35.8 Å². The van der Waals surface area contributed by atoms with Gasteiger partial charge in [-0.25, -0.2) is 4.79 Å². The lowest BCUT2D eigenvalue weighted by molar-refractivity contribution is -0.0263. The summed E-state index contributed by atoms with van der Waals surface area (Å²) in [4.78, 5) is 15.7. The molecule has 0 bridgehead atoms. The van der Waals surface area contributed by atoms with Gasteiger partial charge in [0.1, 0.15) is 0 Å². The average molecular weight is 387 g/mol. The summed E-state index contributed by atoms with van der Waals surface area (Å²) in [6.07, 6.45) is 0.688. The van der Waals surface area contributed by atoms with Crippen LogP contribution in [0.15, 0.2) is 58.3 Å². The first-order chi connectivity index (χ1) is 13.1. The topological polar surface area (TPSA) is 75.8 Å². The molecule has 3 rings (SSSR count). The van der Waals surface area contributed by atoms with Crippen LogP contribution >= 0.6 is 11.8 Å². The highest BCUT2D eigenvalue weighted by molar-refractivity contribution is 7.99. The Morgan fingerprint density at radius 3 is 2.48 bits per heavy atom. The van der Waals surface area contributed by atoms with E-state index in [1.807, 2.05) is 36.4 Å². The van der Waals surface area contributed by atoms with Crippen molar-refractivity contribution in [2.45, 2.75) is 41.7 Å². The SMILES string of the molecule is CCOC(=O)N1CCC(O)(c2ccccc2Sc2ccc(CN)cc2)CC1. The van der Waals surface area contributed by atoms with Gasteiger partial charge >= 0.3 is 6.09 Å². The minimum atomic E-state index is -0.941. The first kappa shape index (κ1) is 19.7. The second kappa shape index (κ2) is 8.78. The number of nitrogens with two attached hydrogens (primary N) is 1. The number of piperidine rings is 1. The average Bonchev–Trinajstić information content (AvgIpc) is 2.69. The van der Waals surface area contributed by atoms with E-state index in [2.05, 4.69) is 12.1 Å². The first-order valence-electron chi connectivity index (χ1n) is 9.26. The van der Waals surface area contributed by atoms with Crippen molar-refractivity contribution in [2.24, 2.45) is 5.73 Å². The van der Waals surface area contributed by atoms with E-state index in [1.54, 1.807) is 23.6 Å². The number of benzene rings is 2. The Labute approximate surface area is 164 Å². The smallest absolute Gasteiger partial charge is 0.409 e. The molecule has 0 aromatic heterocycles. The quantitative estimate of drug-likeness (QED) is 0.819. The van der Waals surface area contributed by atoms with Gasteiger partial charge in [-0.05, 0) is 49.1 Å². The maximum atomic E-state index is 11.9. The van der Waals surface area contributed by atoms with Gasteiger partial charge in [0.25, 0.3) is 0 Å². The molecule has 6 heteroatoms. The minimum Gasteiger partial charge on any atom is -0.450 e. The molecule has 2 aromatic rings. The lowest BCUT2D eigenvalue weighted by Crippen LogP contribution is -2.45. The number of hydrogen-bond acceptors (Lipinski definition) is 5. The maximum Gasteiger partial charge on any atom is 0.409 e. The zero-order valence-electron chi connectivity index (χ0n) is 15.6. The van der Waals surface area contributed by atoms with Crippen LogP contribution in [0.25, 0.3) is 0 Å². The van der Waals surface area contributed by atoms with Crippen molar-refractivity contribution in [1.29, 1.82) is 0 Å². The van der Waals surface area contributed by atoms with Gasteiger partial charge in [-0.15, -0.1) is 0 Å². The van der Waals surface area contributed by atoms with Gasteiger partial charge in [-0.2, -0.15) is 0 Å². The van der Waals surface area contributed by atoms with Gasteiger partial charge in [-0.1, -0.05) is 42.1 Å². The molecule has 1 saturated heterocycles. The van der Waals surface area contributed by atoms with Crippen LogP contribution in [0.1, 0.15) is 30.9 Å². The Hall–Kier alpha value is -2.02. The number of carbonyl (C=O) groups is 1. The van der Waals surface area contributed by atoms with Crippen LogP contribution in [0.5, 0.6) is 0 Å². The molecule has 5 nitrogen and oxygen atoms in total. The standard InChI is InChI=1S/C21H26N2O3S/c1-2-26-20(24)23-13-11-21(25,12-14-23)18-5-3-4-6-19(18)27-17-9-7-16(15-22)8-10-17/h3-10,25H,2,11-15,22H2,1H3. The zero-order valence-corrected chi connectivity index (χ0v) is 16.4. The predicted molar refractivity (Wildman–Crippen MR) is 107 cm³/mol. The number of likely N-dealkylation sites (tertiary alicyclic amines) is 1. The fourth-order valence-corrected chi connectivity index (χ4v) is 4.34. The van der Waals surface area contributed by atoms with Crippen molar-refractivity contribution in [3.63, 3.8) is 0 Å². The zero-order chi connectivity index (χ0) is 19.3. The summed E-state index contributed by atoms with van der Waals surface area (Å²) in [6, 6.07) is 16.1. The first-order valence-corrected chi connectivity index (χ1v) is 10.1. The highest BCUT2D eigenvalue weighted by atomic mass is 32.2. The third-order valence-corrected chi connectivity index (χ3v) is 5.98. The number of rotatable bonds is 5. The Kier molecular flexibility index (Phi) is 6.42. The molecule has 0 aliphatic carbocycles. The third-order valence-electron chi connectivity index (χ3n) is 4.89. The summed E-state index contributed by atoms with van der Waals surface area (Å²) in [5.41, 5.74) is 6.74. The fraction of sp³-hybridized carbons (Fsp3) is 0.381. The van der Waals surface area contributed by atoms with Crippen molar-refractivity contribution < 1.29 is 14.6 Å². The molecule has 1 heterocycles. The Morgan fingerprint density at radius 1 is 1.19 bits per heavy atom. The number of hydrogen-bond donors (Lipinski definition) is 2. The molecule has 144 valence electrons. The molecule has 0 saturated carbocycles. The van der Waals surface area contributed by atoms with E-state index in [0.717, 1.165) is 20.9 Å². The van der Waals surface area contributed by atoms with E-state index in [0.29, 0.717) is 39.1 Å². The molecule has 0 unspecified atom stereocenters. The normalized spacial score (nSPS) is 16.2. The number of amides is 1. The van der Waals surface area contributed by atoms with Crippen molar-refractivity contribution in [2.75, 3.05) is 19.7 Å². The maximum absolute atomic E-state index is 11.9. The highest BCUT2D eigenvalue weighted by Gasteiger charge is 2.37. The molecular formula is C21H26N2O3S. The van der Waals surface area contributed by atoms with E-state index in [4.69, 9.17) is 10.5 Å². The van der Waals surface area contributed by atoms with Crippen molar-refractivity contribution >= 4 is 17.9 Å². The van der Waals surface area contributed by atoms with E-state index < -0.39 is 5.60 Å². The minimum absolute atomic E-state index is 0.304. The van der Waals surface area contributed by atoms with E-state index in [-0.39, 0.29) is 6.09 Å². The second-order valence-corrected chi connectivity index (χ2v) is 7.78. The number of ether oxygens (including phenoxy) is 1. The Balaban J connectivity index is 1.76. The summed E-state index contributed by atoms with van der Waals surface area (Å²) >= 11 is 1.63. The van der Waals surface area contributed by atoms with Crippen LogP contribution in [0.4, 0.5) is 4.79 Å². The second-order valence-electron chi connectivity index (χ2n) is 6.66. The largest absolute Gasteiger partial charge is 0.450 e. The van der Waals surface area contributed by atoms with E-state index >= 15 is 0 Å². The van der Waals surface area contributed by atoms with Gasteiger partial charge in [0.2, 0.25) is 0 Å². The summed E-state index contributed by atoms with van der Waals surface area (Å²) in [5, 5.41) is 11.3. The van der Waals surface area contributed by atoms with Crippen LogP contribution in [0.2, 0.25) is 0 Å². The molecule has 1 aliphatic rings. The van der Waals surface area contributed by atoms with E-state index in [1.165, 1.54) is 0 Å². The Bertz CT molecular complexity index is 771. The number of nitrogens with zero attached hydrogens (tertiary/aromatic N) is 1. The molecule has 3 N–H and O–H groups in total. The van der Waals surface area contributed by atoms with Crippen LogP contribution < -0.4 is 5.73 Å². The van der Waals surface area contributed by atoms with Crippen LogP contribution in [0.3, 0.4) is 0 Å². The number of aliphatic hydroxyl groups is 1. The molecule has 0 spiro atoms. The fourth-order valence-electron chi connectivity index (χ4n) is 3.30. The molecule has 1 aliphatic heterocycles. The summed E-state index contributed by atoms with van der Waals surface area (Å²) < 4.78 is 5.07. The van der Waals surface area contributed by atoms with Crippen molar-refractivity contribution in [3.05, 3.63) is 59.7 Å². The van der Waals surface area contributed by atoms with Crippen molar-refractivity contribution in [3.8, 4) is 0 Å². The molecule has 0 radical (unpaired) electrons. The van der Waals surface area contributed by atoms with Crippen LogP contribution in [0, 0.1) is 0 Å². The summed E-state index contributed by atoms with van der Waals surface area (Å²) in [6.45, 7) is 3.66. The van der Waals surface area contributed by atoms with Gasteiger partial charge in [0.15, 0.2) is 0 Å². The summed E-state index contributed by atoms with van der Waals surface area (Å²) in [5.74, 6) is 0. The molecular weight excluding hydrogens is 360 g/mol. The number of carbonyl (C=O) groups excluding carboxylic acids is 1. The Morgan fingerprint density at radius 2 is 1.85 bits per heavy atom. The van der Waals surface area contributed by atoms with Gasteiger partial charge in [0.05, 0.1) is 12.2 Å². The monoisotopic (exact) mass is 386 g/mol. The van der Waals surface area contributed by atoms with Crippen LogP contribution in [-0.2, 0) is 16.9 Å². The molecule has 2 aromatic carbocycles. The van der Waals surface area contributed by atoms with Gasteiger partial charge in [0, 0.05) is 29.4 Å². The third kappa shape index (κ3) is 4.64. The van der Waals surface area contributed by atoms with Gasteiger partial charge in [-0.3, -0.25) is 0 Å².